The molecule has 0 aliphatic carbocycles. The minimum Gasteiger partial charge on any atom is -0.477 e. The molecule has 0 saturated carbocycles. The van der Waals surface area contributed by atoms with Gasteiger partial charge in [0.2, 0.25) is 0 Å². The van der Waals surface area contributed by atoms with Crippen LogP contribution in [0.3, 0.4) is 0 Å². The number of aromatic carboxylic acids is 1. The van der Waals surface area contributed by atoms with E-state index in [4.69, 9.17) is 10.4 Å². The van der Waals surface area contributed by atoms with Gasteiger partial charge in [0.25, 0.3) is 0 Å². The number of rotatable bonds is 1. The molecule has 15 heavy (non-hydrogen) atoms. The molecule has 0 atom stereocenters. The number of carbonyl (C=O) groups is 1. The standard InChI is InChI=1S/C10H4FNO2S/c11-7-1-5(4-12)2-8-6(7)3-9(15-8)10(13)14/h1-3H,(H,13,14). The molecule has 0 bridgehead atoms. The first-order valence-corrected chi connectivity index (χ1v) is 4.80. The van der Waals surface area contributed by atoms with Crippen LogP contribution in [0.4, 0.5) is 4.39 Å². The van der Waals surface area contributed by atoms with E-state index in [0.717, 1.165) is 17.4 Å². The van der Waals surface area contributed by atoms with Crippen LogP contribution in [0.5, 0.6) is 0 Å². The molecule has 0 radical (unpaired) electrons. The summed E-state index contributed by atoms with van der Waals surface area (Å²) in [6.45, 7) is 0. The molecule has 1 aromatic heterocycles. The minimum atomic E-state index is -1.09. The van der Waals surface area contributed by atoms with Gasteiger partial charge in [0.05, 0.1) is 11.6 Å². The normalized spacial score (nSPS) is 10.1. The number of carboxylic acid groups (broad SMARTS) is 1. The van der Waals surface area contributed by atoms with E-state index in [2.05, 4.69) is 0 Å². The fraction of sp³-hybridized carbons (Fsp3) is 0. The summed E-state index contributed by atoms with van der Waals surface area (Å²) in [5, 5.41) is 17.6. The van der Waals surface area contributed by atoms with Gasteiger partial charge in [-0.2, -0.15) is 5.26 Å². The number of fused-ring (bicyclic) bond motifs is 1. The summed E-state index contributed by atoms with van der Waals surface area (Å²) in [4.78, 5) is 10.7. The van der Waals surface area contributed by atoms with Gasteiger partial charge in [0, 0.05) is 10.1 Å². The van der Waals surface area contributed by atoms with E-state index in [-0.39, 0.29) is 15.8 Å². The number of halogens is 1. The van der Waals surface area contributed by atoms with Crippen LogP contribution in [0.15, 0.2) is 18.2 Å². The Labute approximate surface area is 88.0 Å². The van der Waals surface area contributed by atoms with Crippen molar-refractivity contribution in [2.24, 2.45) is 0 Å². The number of hydrogen-bond acceptors (Lipinski definition) is 3. The summed E-state index contributed by atoms with van der Waals surface area (Å²) in [5.41, 5.74) is 0.193. The molecule has 0 fully saturated rings. The zero-order valence-corrected chi connectivity index (χ0v) is 8.14. The van der Waals surface area contributed by atoms with Crippen molar-refractivity contribution in [1.29, 1.82) is 5.26 Å². The van der Waals surface area contributed by atoms with Crippen molar-refractivity contribution in [3.8, 4) is 6.07 Å². The number of nitrogens with zero attached hydrogens (tertiary/aromatic N) is 1. The van der Waals surface area contributed by atoms with E-state index < -0.39 is 11.8 Å². The number of thiophene rings is 1. The fourth-order valence-electron chi connectivity index (χ4n) is 1.27. The van der Waals surface area contributed by atoms with Crippen molar-refractivity contribution < 1.29 is 14.3 Å². The molecule has 0 aliphatic rings. The Bertz CT molecular complexity index is 597. The SMILES string of the molecule is N#Cc1cc(F)c2cc(C(=O)O)sc2c1. The molecule has 74 valence electrons. The lowest BCUT2D eigenvalue weighted by molar-refractivity contribution is 0.0702. The molecule has 0 spiro atoms. The summed E-state index contributed by atoms with van der Waals surface area (Å²) in [6, 6.07) is 5.67. The fourth-order valence-corrected chi connectivity index (χ4v) is 2.22. The molecule has 1 aromatic carbocycles. The van der Waals surface area contributed by atoms with Crippen molar-refractivity contribution in [3.05, 3.63) is 34.5 Å². The lowest BCUT2D eigenvalue weighted by atomic mass is 10.2. The van der Waals surface area contributed by atoms with Crippen molar-refractivity contribution in [2.45, 2.75) is 0 Å². The topological polar surface area (TPSA) is 61.1 Å². The molecule has 0 aliphatic heterocycles. The molecule has 2 aromatic rings. The van der Waals surface area contributed by atoms with Crippen LogP contribution in [0, 0.1) is 17.1 Å². The average Bonchev–Trinajstić information content (AvgIpc) is 2.61. The summed E-state index contributed by atoms with van der Waals surface area (Å²) < 4.78 is 13.8. The summed E-state index contributed by atoms with van der Waals surface area (Å²) in [6.07, 6.45) is 0. The third-order valence-corrected chi connectivity index (χ3v) is 3.00. The van der Waals surface area contributed by atoms with Crippen molar-refractivity contribution in [3.63, 3.8) is 0 Å². The van der Waals surface area contributed by atoms with Gasteiger partial charge in [0.1, 0.15) is 10.7 Å². The van der Waals surface area contributed by atoms with Crippen LogP contribution in [0.2, 0.25) is 0 Å². The molecule has 3 nitrogen and oxygen atoms in total. The molecular formula is C10H4FNO2S. The first-order chi connectivity index (χ1) is 7.11. The lowest BCUT2D eigenvalue weighted by Gasteiger charge is -1.92. The quantitative estimate of drug-likeness (QED) is 0.805. The van der Waals surface area contributed by atoms with Crippen molar-refractivity contribution in [2.75, 3.05) is 0 Å². The number of hydrogen-bond donors (Lipinski definition) is 1. The van der Waals surface area contributed by atoms with Gasteiger partial charge in [-0.1, -0.05) is 0 Å². The molecule has 0 amide bonds. The lowest BCUT2D eigenvalue weighted by Crippen LogP contribution is -1.89. The zero-order chi connectivity index (χ0) is 11.0. The Morgan fingerprint density at radius 3 is 2.80 bits per heavy atom. The monoisotopic (exact) mass is 221 g/mol. The largest absolute Gasteiger partial charge is 0.477 e. The highest BCUT2D eigenvalue weighted by atomic mass is 32.1. The minimum absolute atomic E-state index is 0.0685. The van der Waals surface area contributed by atoms with Crippen LogP contribution < -0.4 is 0 Å². The van der Waals surface area contributed by atoms with Gasteiger partial charge in [-0.25, -0.2) is 9.18 Å². The zero-order valence-electron chi connectivity index (χ0n) is 7.32. The Balaban J connectivity index is 2.76. The van der Waals surface area contributed by atoms with Crippen LogP contribution in [-0.2, 0) is 0 Å². The second-order valence-electron chi connectivity index (χ2n) is 2.90. The average molecular weight is 221 g/mol. The van der Waals surface area contributed by atoms with Crippen molar-refractivity contribution >= 4 is 27.4 Å². The van der Waals surface area contributed by atoms with E-state index in [0.29, 0.717) is 4.70 Å². The molecule has 1 heterocycles. The molecule has 0 unspecified atom stereocenters. The Hall–Kier alpha value is -1.93. The maximum Gasteiger partial charge on any atom is 0.345 e. The van der Waals surface area contributed by atoms with Crippen LogP contribution in [0.1, 0.15) is 15.2 Å². The molecule has 1 N–H and O–H groups in total. The predicted octanol–water partition coefficient (Wildman–Crippen LogP) is 2.61. The Morgan fingerprint density at radius 1 is 1.47 bits per heavy atom. The third-order valence-electron chi connectivity index (χ3n) is 1.93. The molecule has 5 heteroatoms. The summed E-state index contributed by atoms with van der Waals surface area (Å²) in [7, 11) is 0. The highest BCUT2D eigenvalue weighted by Crippen LogP contribution is 2.28. The van der Waals surface area contributed by atoms with E-state index >= 15 is 0 Å². The third kappa shape index (κ3) is 1.55. The van der Waals surface area contributed by atoms with Gasteiger partial charge < -0.3 is 5.11 Å². The van der Waals surface area contributed by atoms with E-state index in [9.17, 15) is 9.18 Å². The van der Waals surface area contributed by atoms with E-state index in [1.165, 1.54) is 12.1 Å². The van der Waals surface area contributed by atoms with Crippen LogP contribution >= 0.6 is 11.3 Å². The number of benzene rings is 1. The van der Waals surface area contributed by atoms with E-state index in [1.54, 1.807) is 0 Å². The predicted molar refractivity (Wildman–Crippen MR) is 53.5 cm³/mol. The second kappa shape index (κ2) is 3.33. The van der Waals surface area contributed by atoms with Gasteiger partial charge in [-0.05, 0) is 18.2 Å². The maximum atomic E-state index is 13.4. The smallest absolute Gasteiger partial charge is 0.345 e. The van der Waals surface area contributed by atoms with E-state index in [1.807, 2.05) is 6.07 Å². The molecular weight excluding hydrogens is 217 g/mol. The molecule has 2 rings (SSSR count). The second-order valence-corrected chi connectivity index (χ2v) is 3.98. The number of carboxylic acids is 1. The summed E-state index contributed by atoms with van der Waals surface area (Å²) >= 11 is 0.958. The van der Waals surface area contributed by atoms with Crippen molar-refractivity contribution in [1.82, 2.24) is 0 Å². The van der Waals surface area contributed by atoms with Gasteiger partial charge in [-0.3, -0.25) is 0 Å². The van der Waals surface area contributed by atoms with Crippen LogP contribution in [-0.4, -0.2) is 11.1 Å². The number of nitriles is 1. The Morgan fingerprint density at radius 2 is 2.20 bits per heavy atom. The van der Waals surface area contributed by atoms with Gasteiger partial charge in [0.15, 0.2) is 0 Å². The first kappa shape index (κ1) is 9.62. The maximum absolute atomic E-state index is 13.4. The van der Waals surface area contributed by atoms with Gasteiger partial charge in [-0.15, -0.1) is 11.3 Å². The highest BCUT2D eigenvalue weighted by Gasteiger charge is 2.12. The molecule has 0 saturated heterocycles. The van der Waals surface area contributed by atoms with Crippen LogP contribution in [0.25, 0.3) is 10.1 Å². The summed E-state index contributed by atoms with van der Waals surface area (Å²) in [5.74, 6) is -1.65. The van der Waals surface area contributed by atoms with Gasteiger partial charge >= 0.3 is 5.97 Å². The first-order valence-electron chi connectivity index (χ1n) is 3.98. The highest BCUT2D eigenvalue weighted by molar-refractivity contribution is 7.20. The Kier molecular flexibility index (Phi) is 2.14.